The zero-order valence-corrected chi connectivity index (χ0v) is 40.2. The van der Waals surface area contributed by atoms with Crippen molar-refractivity contribution < 1.29 is 67.4 Å². The molecule has 0 aromatic heterocycles. The Hall–Kier alpha value is -3.14. The number of epoxide rings is 4. The Kier molecular flexibility index (Phi) is 22.1. The number of hydrogen-bond donors (Lipinski definition) is 4. The van der Waals surface area contributed by atoms with Crippen molar-refractivity contribution in [1.29, 1.82) is 0 Å². The van der Waals surface area contributed by atoms with E-state index in [1.165, 1.54) is 24.3 Å². The van der Waals surface area contributed by atoms with E-state index in [0.717, 1.165) is 12.8 Å². The number of amides is 1. The highest BCUT2D eigenvalue weighted by molar-refractivity contribution is 6.40. The van der Waals surface area contributed by atoms with Gasteiger partial charge >= 0.3 is 12.2 Å². The minimum Gasteiger partial charge on any atom is -0.443 e. The van der Waals surface area contributed by atoms with Gasteiger partial charge in [0.2, 0.25) is 0 Å². The zero-order chi connectivity index (χ0) is 48.2. The normalized spacial score (nSPS) is 34.5. The van der Waals surface area contributed by atoms with Crippen molar-refractivity contribution in [1.82, 2.24) is 5.32 Å². The number of carbonyl (C=O) groups excluding carboxylic acids is 2. The highest BCUT2D eigenvalue weighted by Gasteiger charge is 2.73. The van der Waals surface area contributed by atoms with Gasteiger partial charge in [-0.2, -0.15) is 0 Å². The maximum atomic E-state index is 12.4. The number of aliphatic hydroxyl groups excluding tert-OH is 2. The SMILES string of the molecule is C.CO[C@H]1C([C@]2(C)O[C@@H]2/C=C/C(C)C)[C@]2(CC[C@H]1OC(=O)NCCO)CO2.CO[C@H]1C([C@]2(C)O[C@@H]2/C=C/C(C)C)[C@]2(CC[C@H]1OC(=O)Oc1ccc([N+](=O)[O-])cc1)CO2.ClCCl.NCCO. The summed E-state index contributed by atoms with van der Waals surface area (Å²) in [5, 5.41) is 30.1. The minimum absolute atomic E-state index is 0. The summed E-state index contributed by atoms with van der Waals surface area (Å²) in [6, 6.07) is 5.24. The summed E-state index contributed by atoms with van der Waals surface area (Å²) in [6.45, 7) is 14.5. The number of rotatable bonds is 15. The third kappa shape index (κ3) is 14.7. The molecule has 2 aliphatic carbocycles. The van der Waals surface area contributed by atoms with Crippen LogP contribution >= 0.6 is 23.2 Å². The summed E-state index contributed by atoms with van der Waals surface area (Å²) < 4.78 is 52.0. The fourth-order valence-electron chi connectivity index (χ4n) is 9.10. The Morgan fingerprint density at radius 1 is 0.864 bits per heavy atom. The summed E-state index contributed by atoms with van der Waals surface area (Å²) in [4.78, 5) is 34.6. The number of non-ortho nitro benzene ring substituents is 1. The predicted molar refractivity (Wildman–Crippen MR) is 248 cm³/mol. The van der Waals surface area contributed by atoms with Crippen LogP contribution in [0.5, 0.6) is 5.75 Å². The number of hydrogen-bond acceptors (Lipinski definition) is 16. The lowest BCUT2D eigenvalue weighted by Crippen LogP contribution is -2.56. The highest BCUT2D eigenvalue weighted by Crippen LogP contribution is 2.60. The van der Waals surface area contributed by atoms with Gasteiger partial charge in [0, 0.05) is 39.4 Å². The van der Waals surface area contributed by atoms with Crippen LogP contribution < -0.4 is 15.8 Å². The van der Waals surface area contributed by atoms with Crippen LogP contribution in [0.15, 0.2) is 48.6 Å². The van der Waals surface area contributed by atoms with E-state index in [0.29, 0.717) is 44.4 Å². The van der Waals surface area contributed by atoms with Gasteiger partial charge in [-0.25, -0.2) is 9.59 Å². The van der Waals surface area contributed by atoms with Gasteiger partial charge in [0.15, 0.2) is 0 Å². The van der Waals surface area contributed by atoms with Crippen LogP contribution in [0.1, 0.15) is 74.7 Å². The molecule has 18 nitrogen and oxygen atoms in total. The number of allylic oxidation sites excluding steroid dienone is 2. The van der Waals surface area contributed by atoms with Crippen LogP contribution in [0.3, 0.4) is 0 Å². The first-order chi connectivity index (χ1) is 30.9. The molecule has 4 aliphatic heterocycles. The first kappa shape index (κ1) is 57.2. The van der Waals surface area contributed by atoms with Gasteiger partial charge in [0.25, 0.3) is 5.69 Å². The van der Waals surface area contributed by atoms with E-state index in [1.807, 2.05) is 0 Å². The van der Waals surface area contributed by atoms with Gasteiger partial charge in [-0.1, -0.05) is 59.4 Å². The number of halogens is 2. The molecule has 4 saturated heterocycles. The van der Waals surface area contributed by atoms with Gasteiger partial charge in [0.1, 0.15) is 64.8 Å². The van der Waals surface area contributed by atoms with Gasteiger partial charge in [-0.05, 0) is 63.5 Å². The molecule has 20 heteroatoms. The van der Waals surface area contributed by atoms with E-state index < -0.39 is 35.0 Å². The van der Waals surface area contributed by atoms with Crippen molar-refractivity contribution in [2.45, 2.75) is 134 Å². The van der Waals surface area contributed by atoms with Crippen LogP contribution in [0.2, 0.25) is 0 Å². The molecular weight excluding hydrogens is 905 g/mol. The molecular formula is C46H73Cl2N3O15. The number of nitro groups is 1. The number of ether oxygens (including phenoxy) is 9. The molecule has 1 aromatic rings. The monoisotopic (exact) mass is 977 g/mol. The number of aliphatic hydroxyl groups is 2. The van der Waals surface area contributed by atoms with Crippen LogP contribution in [0.25, 0.3) is 0 Å². The number of nitro benzene ring substituents is 1. The van der Waals surface area contributed by atoms with E-state index in [1.54, 1.807) is 14.2 Å². The molecule has 0 radical (unpaired) electrons. The van der Waals surface area contributed by atoms with Crippen molar-refractivity contribution in [2.75, 3.05) is 59.1 Å². The van der Waals surface area contributed by atoms with Gasteiger partial charge < -0.3 is 63.9 Å². The Morgan fingerprint density at radius 2 is 1.29 bits per heavy atom. The highest BCUT2D eigenvalue weighted by atomic mass is 35.5. The lowest BCUT2D eigenvalue weighted by Gasteiger charge is -2.42. The van der Waals surface area contributed by atoms with Crippen LogP contribution in [-0.2, 0) is 37.9 Å². The summed E-state index contributed by atoms with van der Waals surface area (Å²) in [7, 11) is 3.24. The standard InChI is InChI=1S/C23H29NO8.C19H31NO6.C2H7NO.CH2Cl2.CH4/c1-14(2)5-10-18-22(3,32-18)20-19(28-4)17(11-12-23(20)13-29-23)31-21(25)30-16-8-6-15(7-9-16)24(26)27;1-12(2)5-6-14-18(3,26-14)16-15(23-4)13(7-8-19(16)11-24-19)25-17(22)20-9-10-21;3-1-2-4;2-1-3;/h5-10,14,17-20H,11-13H2,1-4H3;5-6,12-16,21H,7-11H2,1-4H3,(H,20,22);4H,1-3H2;1H2;1H4/b10-5+;6-5+;;;/t17-,18-,19-,20?,22-,23+;13-,14-,15-,16?,18-,19+;;;/m11.../s1. The molecule has 376 valence electrons. The number of nitrogens with one attached hydrogen (secondary N) is 1. The van der Waals surface area contributed by atoms with Gasteiger partial charge in [0.05, 0.1) is 48.5 Å². The number of alkyl halides is 2. The lowest BCUT2D eigenvalue weighted by molar-refractivity contribution is -0.384. The third-order valence-corrected chi connectivity index (χ3v) is 12.4. The lowest BCUT2D eigenvalue weighted by atomic mass is 9.68. The number of carbonyl (C=O) groups is 2. The third-order valence-electron chi connectivity index (χ3n) is 12.4. The molecule has 6 aliphatic rings. The first-order valence-corrected chi connectivity index (χ1v) is 23.1. The van der Waals surface area contributed by atoms with Crippen molar-refractivity contribution in [3.8, 4) is 5.75 Å². The first-order valence-electron chi connectivity index (χ1n) is 22.0. The number of alkyl carbamates (subject to hydrolysis) is 1. The Morgan fingerprint density at radius 3 is 1.64 bits per heavy atom. The zero-order valence-electron chi connectivity index (χ0n) is 38.7. The predicted octanol–water partition coefficient (Wildman–Crippen LogP) is 6.67. The van der Waals surface area contributed by atoms with Crippen molar-refractivity contribution in [3.05, 3.63) is 58.7 Å². The maximum absolute atomic E-state index is 12.4. The number of methoxy groups -OCH3 is 2. The van der Waals surface area contributed by atoms with E-state index in [9.17, 15) is 19.7 Å². The second-order valence-corrected chi connectivity index (χ2v) is 18.6. The van der Waals surface area contributed by atoms with Crippen molar-refractivity contribution >= 4 is 41.1 Å². The van der Waals surface area contributed by atoms with Crippen LogP contribution in [-0.4, -0.2) is 145 Å². The second kappa shape index (κ2) is 25.5. The smallest absolute Gasteiger partial charge is 0.443 e. The summed E-state index contributed by atoms with van der Waals surface area (Å²) >= 11 is 9.53. The molecule has 4 heterocycles. The largest absolute Gasteiger partial charge is 0.514 e. The summed E-state index contributed by atoms with van der Waals surface area (Å²) in [5.41, 5.74) is 3.28. The van der Waals surface area contributed by atoms with Gasteiger partial charge in [-0.15, -0.1) is 23.2 Å². The molecule has 6 fully saturated rings. The fraction of sp³-hybridized carbons (Fsp3) is 0.739. The average molecular weight is 979 g/mol. The molecule has 66 heavy (non-hydrogen) atoms. The van der Waals surface area contributed by atoms with Crippen LogP contribution in [0, 0.1) is 33.8 Å². The molecule has 1 aromatic carbocycles. The van der Waals surface area contributed by atoms with Crippen LogP contribution in [0.4, 0.5) is 15.3 Å². The second-order valence-electron chi connectivity index (χ2n) is 17.8. The number of nitrogens with zero attached hydrogens (tertiary/aromatic N) is 1. The molecule has 0 bridgehead atoms. The molecule has 2 unspecified atom stereocenters. The minimum atomic E-state index is -0.879. The van der Waals surface area contributed by atoms with Crippen molar-refractivity contribution in [3.63, 3.8) is 0 Å². The van der Waals surface area contributed by atoms with E-state index in [4.69, 9.17) is 81.8 Å². The molecule has 1 amide bonds. The topological polar surface area (TPSA) is 252 Å². The maximum Gasteiger partial charge on any atom is 0.514 e. The molecule has 2 spiro atoms. The number of benzene rings is 1. The van der Waals surface area contributed by atoms with E-state index >= 15 is 0 Å². The average Bonchev–Trinajstić information content (AvgIpc) is 4.15. The van der Waals surface area contributed by atoms with Crippen molar-refractivity contribution in [2.24, 2.45) is 29.4 Å². The molecule has 7 rings (SSSR count). The Bertz CT molecular complexity index is 1750. The Labute approximate surface area is 399 Å². The van der Waals surface area contributed by atoms with E-state index in [-0.39, 0.29) is 97.0 Å². The molecule has 2 saturated carbocycles. The summed E-state index contributed by atoms with van der Waals surface area (Å²) in [6.07, 6.45) is 8.24. The fourth-order valence-corrected chi connectivity index (χ4v) is 9.10. The molecule has 12 atom stereocenters. The summed E-state index contributed by atoms with van der Waals surface area (Å²) in [5.74, 6) is 0.939. The van der Waals surface area contributed by atoms with Gasteiger partial charge in [-0.3, -0.25) is 10.1 Å². The molecule has 5 N–H and O–H groups in total. The number of nitrogens with two attached hydrogens (primary N) is 1. The quantitative estimate of drug-likeness (QED) is 0.0272. The van der Waals surface area contributed by atoms with E-state index in [2.05, 4.69) is 71.2 Å². The Balaban J connectivity index is 0.000000308.